The highest BCUT2D eigenvalue weighted by atomic mass is 32.1. The minimum Gasteiger partial charge on any atom is -0.375 e. The molecule has 2 N–H and O–H groups in total. The molecule has 0 bridgehead atoms. The maximum Gasteiger partial charge on any atom is 0.187 e. The number of benzene rings is 2. The highest BCUT2D eigenvalue weighted by Crippen LogP contribution is 2.35. The van der Waals surface area contributed by atoms with Gasteiger partial charge in [0.2, 0.25) is 0 Å². The quantitative estimate of drug-likeness (QED) is 0.744. The van der Waals surface area contributed by atoms with Crippen LogP contribution >= 0.6 is 11.3 Å². The van der Waals surface area contributed by atoms with Crippen LogP contribution in [0.3, 0.4) is 0 Å². The molecule has 0 aliphatic heterocycles. The second kappa shape index (κ2) is 4.53. The predicted octanol–water partition coefficient (Wildman–Crippen LogP) is 3.70. The molecule has 2 aromatic carbocycles. The fourth-order valence-corrected chi connectivity index (χ4v) is 3.70. The van der Waals surface area contributed by atoms with Crippen molar-refractivity contribution in [2.24, 2.45) is 0 Å². The molecule has 1 aromatic heterocycles. The second-order valence-corrected chi connectivity index (χ2v) is 6.11. The van der Waals surface area contributed by atoms with Gasteiger partial charge < -0.3 is 5.73 Å². The molecule has 1 heterocycles. The van der Waals surface area contributed by atoms with Crippen molar-refractivity contribution in [3.05, 3.63) is 65.2 Å². The number of aromatic nitrogens is 1. The zero-order chi connectivity index (χ0) is 14.4. The van der Waals surface area contributed by atoms with E-state index in [1.807, 2.05) is 42.5 Å². The van der Waals surface area contributed by atoms with Crippen LogP contribution in [0.4, 0.5) is 5.13 Å². The van der Waals surface area contributed by atoms with Crippen LogP contribution in [0.25, 0.3) is 15.8 Å². The van der Waals surface area contributed by atoms with Gasteiger partial charge >= 0.3 is 0 Å². The molecular formula is C17H12N2OS. The maximum atomic E-state index is 12.6. The molecule has 0 atom stereocenters. The van der Waals surface area contributed by atoms with Gasteiger partial charge in [-0.15, -0.1) is 0 Å². The number of carbonyl (C=O) groups is 1. The van der Waals surface area contributed by atoms with E-state index in [2.05, 4.69) is 4.98 Å². The summed E-state index contributed by atoms with van der Waals surface area (Å²) in [6.07, 6.45) is 2.51. The summed E-state index contributed by atoms with van der Waals surface area (Å²) < 4.78 is 0.901. The molecule has 0 saturated heterocycles. The number of hydrogen-bond acceptors (Lipinski definition) is 4. The van der Waals surface area contributed by atoms with Gasteiger partial charge in [-0.25, -0.2) is 4.98 Å². The van der Waals surface area contributed by atoms with Crippen LogP contribution in [0.15, 0.2) is 48.5 Å². The Kier molecular flexibility index (Phi) is 2.65. The number of anilines is 1. The minimum absolute atomic E-state index is 0.0457. The van der Waals surface area contributed by atoms with Crippen LogP contribution in [0.5, 0.6) is 0 Å². The first-order valence-corrected chi connectivity index (χ1v) is 7.52. The number of nitrogen functional groups attached to an aromatic ring is 1. The van der Waals surface area contributed by atoms with E-state index < -0.39 is 0 Å². The fourth-order valence-electron chi connectivity index (χ4n) is 2.79. The first kappa shape index (κ1) is 12.3. The van der Waals surface area contributed by atoms with Gasteiger partial charge in [0.05, 0.1) is 10.2 Å². The Morgan fingerprint density at radius 2 is 1.90 bits per heavy atom. The monoisotopic (exact) mass is 292 g/mol. The van der Waals surface area contributed by atoms with Crippen molar-refractivity contribution < 1.29 is 4.79 Å². The molecule has 1 aliphatic carbocycles. The highest BCUT2D eigenvalue weighted by molar-refractivity contribution is 7.22. The Bertz CT molecular complexity index is 894. The summed E-state index contributed by atoms with van der Waals surface area (Å²) in [5.74, 6) is 0.0457. The summed E-state index contributed by atoms with van der Waals surface area (Å²) in [6, 6.07) is 14.0. The molecule has 21 heavy (non-hydrogen) atoms. The summed E-state index contributed by atoms with van der Waals surface area (Å²) >= 11 is 1.38. The number of thiazole rings is 1. The molecule has 4 rings (SSSR count). The zero-order valence-corrected chi connectivity index (χ0v) is 12.0. The Morgan fingerprint density at radius 3 is 2.71 bits per heavy atom. The third-order valence-electron chi connectivity index (χ3n) is 3.74. The maximum absolute atomic E-state index is 12.6. The van der Waals surface area contributed by atoms with Crippen LogP contribution in [0.1, 0.15) is 21.5 Å². The number of allylic oxidation sites excluding steroid dienone is 2. The van der Waals surface area contributed by atoms with Gasteiger partial charge in [0.1, 0.15) is 0 Å². The third kappa shape index (κ3) is 1.96. The van der Waals surface area contributed by atoms with E-state index in [0.29, 0.717) is 5.13 Å². The van der Waals surface area contributed by atoms with Crippen LogP contribution < -0.4 is 5.73 Å². The Labute approximate surface area is 125 Å². The number of rotatable bonds is 1. The van der Waals surface area contributed by atoms with Gasteiger partial charge in [0.25, 0.3) is 0 Å². The number of nitrogens with two attached hydrogens (primary N) is 1. The third-order valence-corrected chi connectivity index (χ3v) is 4.66. The molecule has 0 radical (unpaired) electrons. The molecule has 0 spiro atoms. The van der Waals surface area contributed by atoms with Crippen molar-refractivity contribution in [1.82, 2.24) is 4.98 Å². The fraction of sp³-hybridized carbons (Fsp3) is 0.0588. The van der Waals surface area contributed by atoms with E-state index >= 15 is 0 Å². The van der Waals surface area contributed by atoms with Crippen LogP contribution in [0, 0.1) is 0 Å². The van der Waals surface area contributed by atoms with E-state index in [1.165, 1.54) is 11.3 Å². The SMILES string of the molecule is Nc1nc2ccc3c(c2s1)C(=O)C=C(c1ccccc1)C3. The van der Waals surface area contributed by atoms with Gasteiger partial charge in [-0.05, 0) is 35.3 Å². The van der Waals surface area contributed by atoms with Crippen LogP contribution in [-0.4, -0.2) is 10.8 Å². The lowest BCUT2D eigenvalue weighted by atomic mass is 9.87. The van der Waals surface area contributed by atoms with Crippen molar-refractivity contribution in [1.29, 1.82) is 0 Å². The van der Waals surface area contributed by atoms with Gasteiger partial charge in [-0.1, -0.05) is 47.7 Å². The van der Waals surface area contributed by atoms with Crippen molar-refractivity contribution in [2.45, 2.75) is 6.42 Å². The zero-order valence-electron chi connectivity index (χ0n) is 11.2. The van der Waals surface area contributed by atoms with Crippen molar-refractivity contribution >= 4 is 38.0 Å². The van der Waals surface area contributed by atoms with E-state index in [0.717, 1.165) is 38.9 Å². The molecule has 0 amide bonds. The Hall–Kier alpha value is -2.46. The topological polar surface area (TPSA) is 56.0 Å². The lowest BCUT2D eigenvalue weighted by molar-refractivity contribution is 0.104. The lowest BCUT2D eigenvalue weighted by Crippen LogP contribution is -2.09. The largest absolute Gasteiger partial charge is 0.375 e. The van der Waals surface area contributed by atoms with E-state index in [4.69, 9.17) is 5.73 Å². The van der Waals surface area contributed by atoms with Crippen LogP contribution in [-0.2, 0) is 6.42 Å². The first-order valence-electron chi connectivity index (χ1n) is 6.70. The van der Waals surface area contributed by atoms with Crippen molar-refractivity contribution in [2.75, 3.05) is 5.73 Å². The predicted molar refractivity (Wildman–Crippen MR) is 86.5 cm³/mol. The average Bonchev–Trinajstić information content (AvgIpc) is 2.88. The molecule has 102 valence electrons. The van der Waals surface area contributed by atoms with E-state index in [9.17, 15) is 4.79 Å². The molecule has 3 nitrogen and oxygen atoms in total. The summed E-state index contributed by atoms with van der Waals surface area (Å²) in [4.78, 5) is 16.8. The van der Waals surface area contributed by atoms with Crippen molar-refractivity contribution in [3.8, 4) is 0 Å². The van der Waals surface area contributed by atoms with Gasteiger partial charge in [0.15, 0.2) is 10.9 Å². The normalized spacial score (nSPS) is 14.1. The second-order valence-electron chi connectivity index (χ2n) is 5.08. The van der Waals surface area contributed by atoms with E-state index in [-0.39, 0.29) is 5.78 Å². The first-order chi connectivity index (χ1) is 10.2. The molecule has 1 aliphatic rings. The minimum atomic E-state index is 0.0457. The standard InChI is InChI=1S/C17H12N2OS/c18-17-19-13-7-6-11-8-12(10-4-2-1-3-5-10)9-14(20)15(11)16(13)21-17/h1-7,9H,8H2,(H2,18,19). The summed E-state index contributed by atoms with van der Waals surface area (Å²) in [5, 5.41) is 0.504. The number of carbonyl (C=O) groups excluding carboxylic acids is 1. The molecular weight excluding hydrogens is 280 g/mol. The molecule has 0 unspecified atom stereocenters. The average molecular weight is 292 g/mol. The van der Waals surface area contributed by atoms with E-state index in [1.54, 1.807) is 6.08 Å². The van der Waals surface area contributed by atoms with Crippen LogP contribution in [0.2, 0.25) is 0 Å². The molecule has 0 saturated carbocycles. The Balaban J connectivity index is 1.88. The summed E-state index contributed by atoms with van der Waals surface area (Å²) in [6.45, 7) is 0. The summed E-state index contributed by atoms with van der Waals surface area (Å²) in [5.41, 5.74) is 10.6. The number of hydrogen-bond donors (Lipinski definition) is 1. The molecule has 4 heteroatoms. The van der Waals surface area contributed by atoms with Gasteiger partial charge in [0, 0.05) is 5.56 Å². The molecule has 0 fully saturated rings. The van der Waals surface area contributed by atoms with Gasteiger partial charge in [-0.2, -0.15) is 0 Å². The molecule has 3 aromatic rings. The number of fused-ring (bicyclic) bond motifs is 3. The Morgan fingerprint density at radius 1 is 1.10 bits per heavy atom. The summed E-state index contributed by atoms with van der Waals surface area (Å²) in [7, 11) is 0. The van der Waals surface area contributed by atoms with Crippen molar-refractivity contribution in [3.63, 3.8) is 0 Å². The number of nitrogens with zero attached hydrogens (tertiary/aromatic N) is 1. The smallest absolute Gasteiger partial charge is 0.187 e. The lowest BCUT2D eigenvalue weighted by Gasteiger charge is -2.16. The van der Waals surface area contributed by atoms with Gasteiger partial charge in [-0.3, -0.25) is 4.79 Å². The highest BCUT2D eigenvalue weighted by Gasteiger charge is 2.22. The number of ketones is 1.